The Hall–Kier alpha value is -3.35. The Morgan fingerprint density at radius 3 is 2.23 bits per heavy atom. The normalized spacial score (nSPS) is 9.88. The minimum Gasteiger partial charge on any atom is -0.456 e. The number of carbonyl (C=O) groups is 3. The Morgan fingerprint density at radius 2 is 1.50 bits per heavy atom. The third-order valence-corrected chi connectivity index (χ3v) is 3.20. The molecule has 0 atom stereocenters. The summed E-state index contributed by atoms with van der Waals surface area (Å²) in [7, 11) is 0. The summed E-state index contributed by atoms with van der Waals surface area (Å²) in [4.78, 5) is 44.3. The predicted octanol–water partition coefficient (Wildman–Crippen LogP) is 3.30. The van der Waals surface area contributed by atoms with Crippen LogP contribution in [0.2, 0.25) is 0 Å². The molecule has 0 bridgehead atoms. The fourth-order valence-electron chi connectivity index (χ4n) is 1.94. The van der Waals surface area contributed by atoms with E-state index in [1.54, 1.807) is 30.3 Å². The lowest BCUT2D eigenvalue weighted by Gasteiger charge is -2.10. The zero-order chi connectivity index (χ0) is 18.8. The summed E-state index contributed by atoms with van der Waals surface area (Å²) in [6, 6.07) is 14.3. The van der Waals surface area contributed by atoms with Crippen molar-refractivity contribution in [2.24, 2.45) is 0 Å². The van der Waals surface area contributed by atoms with Gasteiger partial charge in [-0.3, -0.25) is 4.79 Å². The average molecular weight is 358 g/mol. The Balaban J connectivity index is 1.92. The molecule has 0 amide bonds. The highest BCUT2D eigenvalue weighted by Gasteiger charge is 2.18. The molecule has 0 aliphatic carbocycles. The van der Waals surface area contributed by atoms with Crippen molar-refractivity contribution < 1.29 is 33.6 Å². The lowest BCUT2D eigenvalue weighted by Crippen LogP contribution is -2.14. The van der Waals surface area contributed by atoms with Crippen LogP contribution in [0.1, 0.15) is 40.5 Å². The standard InChI is InChI=1S/C19H18O7/c1-2-8-17(20)24-13-23-16-12-7-6-11-15(16)19(22)26-25-18(21)14-9-4-3-5-10-14/h3-7,9-12H,2,8,13H2,1H3. The van der Waals surface area contributed by atoms with E-state index >= 15 is 0 Å². The molecule has 7 nitrogen and oxygen atoms in total. The number of para-hydroxylation sites is 1. The topological polar surface area (TPSA) is 88.1 Å². The summed E-state index contributed by atoms with van der Waals surface area (Å²) in [5, 5.41) is 0. The number of rotatable bonds is 7. The second-order valence-electron chi connectivity index (χ2n) is 5.13. The van der Waals surface area contributed by atoms with Crippen LogP contribution in [-0.2, 0) is 19.3 Å². The van der Waals surface area contributed by atoms with Gasteiger partial charge in [-0.2, -0.15) is 0 Å². The highest BCUT2D eigenvalue weighted by atomic mass is 17.2. The smallest absolute Gasteiger partial charge is 0.390 e. The summed E-state index contributed by atoms with van der Waals surface area (Å²) >= 11 is 0. The molecule has 0 fully saturated rings. The van der Waals surface area contributed by atoms with Gasteiger partial charge < -0.3 is 9.47 Å². The SMILES string of the molecule is CCCC(=O)OCOc1ccccc1C(=O)OOC(=O)c1ccccc1. The molecule has 0 saturated carbocycles. The van der Waals surface area contributed by atoms with Crippen molar-refractivity contribution in [3.63, 3.8) is 0 Å². The molecule has 0 radical (unpaired) electrons. The van der Waals surface area contributed by atoms with Gasteiger partial charge in [0.25, 0.3) is 0 Å². The number of hydrogen-bond donors (Lipinski definition) is 0. The van der Waals surface area contributed by atoms with E-state index in [4.69, 9.17) is 9.47 Å². The van der Waals surface area contributed by atoms with E-state index in [0.29, 0.717) is 6.42 Å². The van der Waals surface area contributed by atoms with E-state index in [-0.39, 0.29) is 30.1 Å². The number of esters is 1. The molecule has 0 saturated heterocycles. The monoisotopic (exact) mass is 358 g/mol. The summed E-state index contributed by atoms with van der Waals surface area (Å²) in [6.45, 7) is 1.51. The van der Waals surface area contributed by atoms with Crippen LogP contribution in [0.5, 0.6) is 5.75 Å². The molecule has 2 aromatic carbocycles. The number of ether oxygens (including phenoxy) is 2. The molecule has 0 aliphatic rings. The van der Waals surface area contributed by atoms with Gasteiger partial charge in [0.1, 0.15) is 11.3 Å². The van der Waals surface area contributed by atoms with Gasteiger partial charge in [0.15, 0.2) is 0 Å². The van der Waals surface area contributed by atoms with Gasteiger partial charge >= 0.3 is 17.9 Å². The van der Waals surface area contributed by atoms with Crippen LogP contribution in [0.3, 0.4) is 0 Å². The van der Waals surface area contributed by atoms with Crippen molar-refractivity contribution >= 4 is 17.9 Å². The largest absolute Gasteiger partial charge is 0.456 e. The Morgan fingerprint density at radius 1 is 0.846 bits per heavy atom. The van der Waals surface area contributed by atoms with Crippen molar-refractivity contribution in [1.82, 2.24) is 0 Å². The van der Waals surface area contributed by atoms with Crippen molar-refractivity contribution in [2.45, 2.75) is 19.8 Å². The molecule has 26 heavy (non-hydrogen) atoms. The lowest BCUT2D eigenvalue weighted by atomic mass is 10.2. The Bertz CT molecular complexity index is 755. The predicted molar refractivity (Wildman–Crippen MR) is 90.2 cm³/mol. The molecule has 2 aromatic rings. The second kappa shape index (κ2) is 9.83. The fourth-order valence-corrected chi connectivity index (χ4v) is 1.94. The zero-order valence-corrected chi connectivity index (χ0v) is 14.2. The van der Waals surface area contributed by atoms with E-state index in [2.05, 4.69) is 9.78 Å². The molecule has 2 rings (SSSR count). The van der Waals surface area contributed by atoms with Gasteiger partial charge in [0, 0.05) is 6.42 Å². The third-order valence-electron chi connectivity index (χ3n) is 3.20. The van der Waals surface area contributed by atoms with Crippen molar-refractivity contribution in [3.05, 3.63) is 65.7 Å². The van der Waals surface area contributed by atoms with Gasteiger partial charge in [-0.05, 0) is 30.7 Å². The van der Waals surface area contributed by atoms with E-state index in [1.807, 2.05) is 6.92 Å². The first kappa shape index (κ1) is 19.0. The third kappa shape index (κ3) is 5.62. The van der Waals surface area contributed by atoms with Crippen LogP contribution in [0.4, 0.5) is 0 Å². The van der Waals surface area contributed by atoms with Gasteiger partial charge in [-0.15, -0.1) is 0 Å². The molecular weight excluding hydrogens is 340 g/mol. The van der Waals surface area contributed by atoms with E-state index in [1.165, 1.54) is 24.3 Å². The zero-order valence-electron chi connectivity index (χ0n) is 14.2. The van der Waals surface area contributed by atoms with E-state index in [0.717, 1.165) is 0 Å². The first-order valence-electron chi connectivity index (χ1n) is 7.97. The van der Waals surface area contributed by atoms with E-state index in [9.17, 15) is 14.4 Å². The summed E-state index contributed by atoms with van der Waals surface area (Å²) < 4.78 is 10.2. The fraction of sp³-hybridized carbons (Fsp3) is 0.211. The van der Waals surface area contributed by atoms with Gasteiger partial charge in [0.2, 0.25) is 6.79 Å². The molecule has 0 aromatic heterocycles. The maximum Gasteiger partial charge on any atom is 0.390 e. The highest BCUT2D eigenvalue weighted by Crippen LogP contribution is 2.19. The van der Waals surface area contributed by atoms with Crippen molar-refractivity contribution in [3.8, 4) is 5.75 Å². The molecule has 0 spiro atoms. The first-order valence-corrected chi connectivity index (χ1v) is 7.97. The van der Waals surface area contributed by atoms with Crippen LogP contribution in [0, 0.1) is 0 Å². The molecule has 0 heterocycles. The second-order valence-corrected chi connectivity index (χ2v) is 5.13. The summed E-state index contributed by atoms with van der Waals surface area (Å²) in [6.07, 6.45) is 0.941. The molecular formula is C19H18O7. The maximum absolute atomic E-state index is 12.1. The summed E-state index contributed by atoms with van der Waals surface area (Å²) in [5.41, 5.74) is 0.271. The molecule has 136 valence electrons. The summed E-state index contributed by atoms with van der Waals surface area (Å²) in [5.74, 6) is -1.97. The van der Waals surface area contributed by atoms with E-state index < -0.39 is 17.9 Å². The van der Waals surface area contributed by atoms with Crippen LogP contribution in [-0.4, -0.2) is 24.7 Å². The molecule has 0 N–H and O–H groups in total. The number of benzene rings is 2. The van der Waals surface area contributed by atoms with Crippen LogP contribution < -0.4 is 4.74 Å². The quantitative estimate of drug-likeness (QED) is 0.325. The van der Waals surface area contributed by atoms with Crippen molar-refractivity contribution in [2.75, 3.05) is 6.79 Å². The lowest BCUT2D eigenvalue weighted by molar-refractivity contribution is -0.187. The van der Waals surface area contributed by atoms with Crippen LogP contribution in [0.25, 0.3) is 0 Å². The Kier molecular flexibility index (Phi) is 7.17. The van der Waals surface area contributed by atoms with Crippen LogP contribution in [0.15, 0.2) is 54.6 Å². The molecule has 7 heteroatoms. The van der Waals surface area contributed by atoms with Gasteiger partial charge in [-0.25, -0.2) is 19.4 Å². The van der Waals surface area contributed by atoms with Crippen molar-refractivity contribution in [1.29, 1.82) is 0 Å². The highest BCUT2D eigenvalue weighted by molar-refractivity contribution is 5.94. The Labute approximate surface area is 150 Å². The average Bonchev–Trinajstić information content (AvgIpc) is 2.67. The minimum absolute atomic E-state index is 0.0277. The maximum atomic E-state index is 12.1. The number of hydrogen-bond acceptors (Lipinski definition) is 7. The van der Waals surface area contributed by atoms with Crippen LogP contribution >= 0.6 is 0 Å². The van der Waals surface area contributed by atoms with Gasteiger partial charge in [-0.1, -0.05) is 37.3 Å². The first-order chi connectivity index (χ1) is 12.6. The van der Waals surface area contributed by atoms with Gasteiger partial charge in [0.05, 0.1) is 5.56 Å². The molecule has 0 aliphatic heterocycles. The minimum atomic E-state index is -0.912. The number of carbonyl (C=O) groups excluding carboxylic acids is 3. The molecule has 0 unspecified atom stereocenters.